The van der Waals surface area contributed by atoms with E-state index in [9.17, 15) is 0 Å². The van der Waals surface area contributed by atoms with Crippen molar-refractivity contribution in [3.05, 3.63) is 164 Å². The lowest BCUT2D eigenvalue weighted by molar-refractivity contribution is 0.959. The number of aryl methyl sites for hydroxylation is 1. The lowest BCUT2D eigenvalue weighted by Gasteiger charge is -2.17. The molecule has 4 heteroatoms. The quantitative estimate of drug-likeness (QED) is 0.196. The van der Waals surface area contributed by atoms with Crippen LogP contribution in [0.25, 0.3) is 83.4 Å². The fourth-order valence-electron chi connectivity index (χ4n) is 6.90. The van der Waals surface area contributed by atoms with E-state index < -0.39 is 0 Å². The molecule has 6 aromatic carbocycles. The lowest BCUT2D eigenvalue weighted by atomic mass is 9.97. The Labute approximate surface area is 272 Å². The van der Waals surface area contributed by atoms with Gasteiger partial charge in [0.2, 0.25) is 0 Å². The van der Waals surface area contributed by atoms with E-state index in [0.717, 1.165) is 61.5 Å². The molecule has 0 N–H and O–H groups in total. The molecule has 0 fully saturated rings. The Balaban J connectivity index is 1.30. The highest BCUT2D eigenvalue weighted by molar-refractivity contribution is 6.11. The van der Waals surface area contributed by atoms with Crippen molar-refractivity contribution in [1.29, 1.82) is 0 Å². The second-order valence-electron chi connectivity index (χ2n) is 12.0. The fraction of sp³-hybridized carbons (Fsp3) is 0.0233. The number of aromatic nitrogens is 4. The minimum Gasteiger partial charge on any atom is -0.327 e. The Morgan fingerprint density at radius 2 is 1.13 bits per heavy atom. The fourth-order valence-corrected chi connectivity index (χ4v) is 6.90. The minimum absolute atomic E-state index is 0.945. The number of pyridine rings is 1. The van der Waals surface area contributed by atoms with Crippen LogP contribution in [-0.2, 0) is 7.05 Å². The summed E-state index contributed by atoms with van der Waals surface area (Å²) in [6.07, 6.45) is 1.86. The van der Waals surface area contributed by atoms with E-state index in [1.54, 1.807) is 0 Å². The minimum atomic E-state index is 0.945. The van der Waals surface area contributed by atoms with Gasteiger partial charge in [-0.25, -0.2) is 4.98 Å². The molecule has 3 heterocycles. The zero-order chi connectivity index (χ0) is 31.3. The molecule has 3 aromatic heterocycles. The summed E-state index contributed by atoms with van der Waals surface area (Å²) in [6.45, 7) is 0. The molecule has 0 saturated heterocycles. The van der Waals surface area contributed by atoms with Crippen molar-refractivity contribution in [1.82, 2.24) is 19.1 Å². The average Bonchev–Trinajstić information content (AvgIpc) is 3.66. The van der Waals surface area contributed by atoms with Gasteiger partial charge in [0.25, 0.3) is 0 Å². The molecule has 0 bridgehead atoms. The molecule has 47 heavy (non-hydrogen) atoms. The van der Waals surface area contributed by atoms with Crippen LogP contribution in [0.5, 0.6) is 0 Å². The monoisotopic (exact) mass is 602 g/mol. The largest absolute Gasteiger partial charge is 0.327 e. The van der Waals surface area contributed by atoms with Gasteiger partial charge >= 0.3 is 0 Å². The van der Waals surface area contributed by atoms with Crippen LogP contribution in [0.3, 0.4) is 0 Å². The van der Waals surface area contributed by atoms with E-state index in [4.69, 9.17) is 9.97 Å². The first kappa shape index (κ1) is 27.1. The highest BCUT2D eigenvalue weighted by Crippen LogP contribution is 2.40. The molecule has 0 aliphatic heterocycles. The van der Waals surface area contributed by atoms with Gasteiger partial charge in [-0.2, -0.15) is 0 Å². The van der Waals surface area contributed by atoms with Crippen LogP contribution in [0.1, 0.15) is 0 Å². The molecule has 0 unspecified atom stereocenters. The van der Waals surface area contributed by atoms with Crippen molar-refractivity contribution < 1.29 is 0 Å². The maximum absolute atomic E-state index is 5.04. The molecule has 0 atom stereocenters. The molecule has 9 aromatic rings. The van der Waals surface area contributed by atoms with Crippen molar-refractivity contribution in [3.63, 3.8) is 0 Å². The first-order valence-electron chi connectivity index (χ1n) is 15.9. The maximum Gasteiger partial charge on any atom is 0.140 e. The number of para-hydroxylation sites is 3. The molecule has 0 amide bonds. The lowest BCUT2D eigenvalue weighted by Crippen LogP contribution is -1.99. The predicted octanol–water partition coefficient (Wildman–Crippen LogP) is 10.7. The third-order valence-electron chi connectivity index (χ3n) is 9.22. The predicted molar refractivity (Wildman–Crippen MR) is 195 cm³/mol. The Morgan fingerprint density at radius 3 is 1.94 bits per heavy atom. The van der Waals surface area contributed by atoms with Crippen molar-refractivity contribution >= 4 is 32.8 Å². The molecule has 0 aliphatic rings. The Hall–Kier alpha value is -6.26. The summed E-state index contributed by atoms with van der Waals surface area (Å²) in [7, 11) is 2.10. The van der Waals surface area contributed by atoms with E-state index in [-0.39, 0.29) is 0 Å². The van der Waals surface area contributed by atoms with Gasteiger partial charge in [0.1, 0.15) is 5.82 Å². The molecule has 0 radical (unpaired) electrons. The van der Waals surface area contributed by atoms with Gasteiger partial charge in [0.15, 0.2) is 0 Å². The van der Waals surface area contributed by atoms with Gasteiger partial charge in [-0.15, -0.1) is 0 Å². The van der Waals surface area contributed by atoms with Crippen LogP contribution < -0.4 is 0 Å². The zero-order valence-corrected chi connectivity index (χ0v) is 25.9. The molecule has 222 valence electrons. The maximum atomic E-state index is 5.04. The van der Waals surface area contributed by atoms with Crippen molar-refractivity contribution in [2.24, 2.45) is 7.05 Å². The molecule has 4 nitrogen and oxygen atoms in total. The number of hydrogen-bond acceptors (Lipinski definition) is 2. The van der Waals surface area contributed by atoms with Gasteiger partial charge in [-0.3, -0.25) is 4.98 Å². The first-order valence-corrected chi connectivity index (χ1v) is 15.9. The van der Waals surface area contributed by atoms with Crippen LogP contribution in [-0.4, -0.2) is 19.1 Å². The van der Waals surface area contributed by atoms with Crippen molar-refractivity contribution in [2.75, 3.05) is 0 Å². The zero-order valence-electron chi connectivity index (χ0n) is 25.9. The number of imidazole rings is 1. The summed E-state index contributed by atoms with van der Waals surface area (Å²) in [6, 6.07) is 56.0. The highest BCUT2D eigenvalue weighted by atomic mass is 15.1. The van der Waals surface area contributed by atoms with E-state index >= 15 is 0 Å². The molecular formula is C43H30N4. The van der Waals surface area contributed by atoms with Gasteiger partial charge in [0, 0.05) is 40.7 Å². The summed E-state index contributed by atoms with van der Waals surface area (Å²) >= 11 is 0. The topological polar surface area (TPSA) is 35.6 Å². The van der Waals surface area contributed by atoms with Crippen LogP contribution in [0.4, 0.5) is 0 Å². The van der Waals surface area contributed by atoms with E-state index in [1.165, 1.54) is 21.9 Å². The first-order chi connectivity index (χ1) is 23.2. The second-order valence-corrected chi connectivity index (χ2v) is 12.0. The van der Waals surface area contributed by atoms with Crippen molar-refractivity contribution in [2.45, 2.75) is 0 Å². The summed E-state index contributed by atoms with van der Waals surface area (Å²) < 4.78 is 4.61. The molecular weight excluding hydrogens is 573 g/mol. The Kier molecular flexibility index (Phi) is 6.32. The van der Waals surface area contributed by atoms with E-state index in [1.807, 2.05) is 24.4 Å². The van der Waals surface area contributed by atoms with Crippen molar-refractivity contribution in [3.8, 4) is 50.6 Å². The van der Waals surface area contributed by atoms with E-state index in [0.29, 0.717) is 0 Å². The molecule has 0 saturated carbocycles. The van der Waals surface area contributed by atoms with Gasteiger partial charge in [-0.05, 0) is 59.2 Å². The van der Waals surface area contributed by atoms with Gasteiger partial charge in [0.05, 0.1) is 33.4 Å². The summed E-state index contributed by atoms with van der Waals surface area (Å²) in [5.41, 5.74) is 13.3. The van der Waals surface area contributed by atoms with Crippen LogP contribution in [0.2, 0.25) is 0 Å². The summed E-state index contributed by atoms with van der Waals surface area (Å²) in [5, 5.41) is 2.42. The average molecular weight is 603 g/mol. The van der Waals surface area contributed by atoms with E-state index in [2.05, 4.69) is 156 Å². The number of nitrogens with zero attached hydrogens (tertiary/aromatic N) is 4. The number of rotatable bonds is 5. The highest BCUT2D eigenvalue weighted by Gasteiger charge is 2.19. The second kappa shape index (κ2) is 11.0. The van der Waals surface area contributed by atoms with Crippen LogP contribution >= 0.6 is 0 Å². The number of benzene rings is 6. The van der Waals surface area contributed by atoms with Crippen LogP contribution in [0.15, 0.2) is 164 Å². The molecule has 0 spiro atoms. The third kappa shape index (κ3) is 4.53. The summed E-state index contributed by atoms with van der Waals surface area (Å²) in [4.78, 5) is 9.75. The Morgan fingerprint density at radius 1 is 0.468 bits per heavy atom. The normalized spacial score (nSPS) is 11.5. The molecule has 0 aliphatic carbocycles. The summed E-state index contributed by atoms with van der Waals surface area (Å²) in [5.74, 6) is 0.948. The Bertz CT molecular complexity index is 2560. The third-order valence-corrected chi connectivity index (χ3v) is 9.22. The smallest absolute Gasteiger partial charge is 0.140 e. The standard InChI is InChI=1S/C43H30N4/c1-46-40-17-8-6-15-38(40)45-43(46)33-23-25-36-35-13-5-7-16-39(35)47(42(36)28-33)41-27-32(37-14-9-10-26-44-37)22-24-34(41)31-20-18-30(19-21-31)29-11-3-2-4-12-29/h2-28H,1H3. The number of hydrogen-bond donors (Lipinski definition) is 0. The van der Waals surface area contributed by atoms with Crippen LogP contribution in [0, 0.1) is 0 Å². The molecule has 9 rings (SSSR count). The van der Waals surface area contributed by atoms with Gasteiger partial charge in [-0.1, -0.05) is 115 Å². The van der Waals surface area contributed by atoms with Gasteiger partial charge < -0.3 is 9.13 Å². The number of fused-ring (bicyclic) bond motifs is 4. The SMILES string of the molecule is Cn1c(-c2ccc3c4ccccc4n(-c4cc(-c5ccccn5)ccc4-c4ccc(-c5ccccc5)cc4)c3c2)nc2ccccc21.